The lowest BCUT2D eigenvalue weighted by Crippen LogP contribution is -2.40. The van der Waals surface area contributed by atoms with Gasteiger partial charge in [-0.1, -0.05) is 48.5 Å². The fraction of sp³-hybridized carbons (Fsp3) is 0.273. The van der Waals surface area contributed by atoms with E-state index in [0.717, 1.165) is 23.5 Å². The van der Waals surface area contributed by atoms with Crippen molar-refractivity contribution in [1.29, 1.82) is 0 Å². The first-order chi connectivity index (χ1) is 13.2. The van der Waals surface area contributed by atoms with E-state index in [2.05, 4.69) is 46.3 Å². The van der Waals surface area contributed by atoms with E-state index in [0.29, 0.717) is 19.6 Å². The smallest absolute Gasteiger partial charge is 0.237 e. The predicted octanol–water partition coefficient (Wildman–Crippen LogP) is 4.04. The number of likely N-dealkylation sites (N-methyl/N-ethyl adjacent to an activating group) is 1. The lowest BCUT2D eigenvalue weighted by atomic mass is 9.99. The average molecular weight is 378 g/mol. The molecule has 0 atom stereocenters. The summed E-state index contributed by atoms with van der Waals surface area (Å²) >= 11 is 1.70. The summed E-state index contributed by atoms with van der Waals surface area (Å²) in [6, 6.07) is 18.6. The van der Waals surface area contributed by atoms with E-state index in [9.17, 15) is 4.79 Å². The molecular formula is C22H23N3OS. The second kappa shape index (κ2) is 8.03. The Kier molecular flexibility index (Phi) is 5.32. The van der Waals surface area contributed by atoms with E-state index >= 15 is 0 Å². The molecule has 3 aromatic rings. The minimum atomic E-state index is 0.182. The van der Waals surface area contributed by atoms with Crippen LogP contribution in [0.4, 0.5) is 0 Å². The number of aromatic nitrogens is 1. The van der Waals surface area contributed by atoms with Crippen LogP contribution >= 0.6 is 11.3 Å². The average Bonchev–Trinajstić information content (AvgIpc) is 3.10. The standard InChI is InChI=1S/C22H23N3OS/c1-24(15-21-23-19-9-5-6-10-20(19)27-21)16-22(26)25-13-11-18(12-14-25)17-7-3-2-4-8-17/h2-11H,12-16H2,1H3. The Morgan fingerprint density at radius 2 is 1.93 bits per heavy atom. The molecule has 0 fully saturated rings. The Morgan fingerprint density at radius 3 is 2.67 bits per heavy atom. The molecule has 0 spiro atoms. The number of carbonyl (C=O) groups is 1. The number of thiazole rings is 1. The van der Waals surface area contributed by atoms with Gasteiger partial charge in [-0.15, -0.1) is 11.3 Å². The maximum atomic E-state index is 12.7. The molecule has 138 valence electrons. The van der Waals surface area contributed by atoms with Crippen LogP contribution in [0.5, 0.6) is 0 Å². The van der Waals surface area contributed by atoms with Gasteiger partial charge in [0.1, 0.15) is 5.01 Å². The van der Waals surface area contributed by atoms with Crippen LogP contribution in [-0.4, -0.2) is 47.4 Å². The number of fused-ring (bicyclic) bond motifs is 1. The van der Waals surface area contributed by atoms with Crippen molar-refractivity contribution < 1.29 is 4.79 Å². The molecule has 27 heavy (non-hydrogen) atoms. The zero-order valence-electron chi connectivity index (χ0n) is 15.5. The van der Waals surface area contributed by atoms with Gasteiger partial charge in [0, 0.05) is 13.1 Å². The van der Waals surface area contributed by atoms with E-state index in [4.69, 9.17) is 0 Å². The van der Waals surface area contributed by atoms with Gasteiger partial charge < -0.3 is 4.90 Å². The van der Waals surface area contributed by atoms with Crippen molar-refractivity contribution in [2.45, 2.75) is 13.0 Å². The molecular weight excluding hydrogens is 354 g/mol. The van der Waals surface area contributed by atoms with Crippen molar-refractivity contribution in [2.24, 2.45) is 0 Å². The highest BCUT2D eigenvalue weighted by atomic mass is 32.1. The SMILES string of the molecule is CN(CC(=O)N1CC=C(c2ccccc2)CC1)Cc1nc2ccccc2s1. The zero-order valence-corrected chi connectivity index (χ0v) is 16.3. The first-order valence-electron chi connectivity index (χ1n) is 9.24. The second-order valence-corrected chi connectivity index (χ2v) is 8.05. The number of hydrogen-bond donors (Lipinski definition) is 0. The highest BCUT2D eigenvalue weighted by Gasteiger charge is 2.19. The van der Waals surface area contributed by atoms with Crippen molar-refractivity contribution in [3.63, 3.8) is 0 Å². The first-order valence-corrected chi connectivity index (χ1v) is 10.1. The van der Waals surface area contributed by atoms with Gasteiger partial charge >= 0.3 is 0 Å². The van der Waals surface area contributed by atoms with Crippen LogP contribution in [0.15, 0.2) is 60.7 Å². The number of hydrogen-bond acceptors (Lipinski definition) is 4. The molecule has 2 aromatic carbocycles. The summed E-state index contributed by atoms with van der Waals surface area (Å²) in [6.07, 6.45) is 3.10. The third-order valence-electron chi connectivity index (χ3n) is 4.85. The monoisotopic (exact) mass is 377 g/mol. The Morgan fingerprint density at radius 1 is 1.15 bits per heavy atom. The molecule has 1 amide bonds. The van der Waals surface area contributed by atoms with Crippen LogP contribution in [0.3, 0.4) is 0 Å². The van der Waals surface area contributed by atoms with Crippen molar-refractivity contribution in [3.8, 4) is 0 Å². The highest BCUT2D eigenvalue weighted by Crippen LogP contribution is 2.23. The van der Waals surface area contributed by atoms with Gasteiger partial charge in [-0.2, -0.15) is 0 Å². The summed E-state index contributed by atoms with van der Waals surface area (Å²) in [5.74, 6) is 0.182. The fourth-order valence-electron chi connectivity index (χ4n) is 3.42. The molecule has 5 heteroatoms. The van der Waals surface area contributed by atoms with E-state index in [-0.39, 0.29) is 5.91 Å². The molecule has 1 aliphatic heterocycles. The molecule has 4 rings (SSSR count). The Bertz CT molecular complexity index is 931. The molecule has 0 saturated carbocycles. The van der Waals surface area contributed by atoms with Crippen LogP contribution in [-0.2, 0) is 11.3 Å². The maximum absolute atomic E-state index is 12.7. The zero-order chi connectivity index (χ0) is 18.6. The molecule has 0 bridgehead atoms. The van der Waals surface area contributed by atoms with Crippen molar-refractivity contribution >= 4 is 33.0 Å². The van der Waals surface area contributed by atoms with Gasteiger partial charge in [-0.3, -0.25) is 9.69 Å². The third-order valence-corrected chi connectivity index (χ3v) is 5.88. The maximum Gasteiger partial charge on any atom is 0.237 e. The summed E-state index contributed by atoms with van der Waals surface area (Å²) in [7, 11) is 1.99. The van der Waals surface area contributed by atoms with Crippen LogP contribution in [0, 0.1) is 0 Å². The molecule has 0 aliphatic carbocycles. The number of amides is 1. The largest absolute Gasteiger partial charge is 0.338 e. The van der Waals surface area contributed by atoms with Crippen LogP contribution in [0.25, 0.3) is 15.8 Å². The minimum Gasteiger partial charge on any atom is -0.338 e. The van der Waals surface area contributed by atoms with E-state index in [1.165, 1.54) is 15.8 Å². The summed E-state index contributed by atoms with van der Waals surface area (Å²) < 4.78 is 1.20. The quantitative estimate of drug-likeness (QED) is 0.673. The van der Waals surface area contributed by atoms with Gasteiger partial charge in [0.25, 0.3) is 0 Å². The number of benzene rings is 2. The van der Waals surface area contributed by atoms with E-state index < -0.39 is 0 Å². The number of nitrogens with zero attached hydrogens (tertiary/aromatic N) is 3. The normalized spacial score (nSPS) is 14.6. The molecule has 0 radical (unpaired) electrons. The number of rotatable bonds is 5. The molecule has 1 aliphatic rings. The van der Waals surface area contributed by atoms with Crippen molar-refractivity contribution in [2.75, 3.05) is 26.7 Å². The molecule has 0 saturated heterocycles. The number of carbonyl (C=O) groups excluding carboxylic acids is 1. The molecule has 1 aromatic heterocycles. The number of para-hydroxylation sites is 1. The van der Waals surface area contributed by atoms with Gasteiger partial charge in [-0.05, 0) is 36.7 Å². The lowest BCUT2D eigenvalue weighted by molar-refractivity contribution is -0.131. The Hall–Kier alpha value is -2.50. The summed E-state index contributed by atoms with van der Waals surface area (Å²) in [5, 5.41) is 1.05. The van der Waals surface area contributed by atoms with E-state index in [1.54, 1.807) is 11.3 Å². The summed E-state index contributed by atoms with van der Waals surface area (Å²) in [6.45, 7) is 2.60. The van der Waals surface area contributed by atoms with Crippen LogP contribution < -0.4 is 0 Å². The van der Waals surface area contributed by atoms with Crippen molar-refractivity contribution in [3.05, 3.63) is 71.2 Å². The topological polar surface area (TPSA) is 36.4 Å². The molecule has 0 unspecified atom stereocenters. The lowest BCUT2D eigenvalue weighted by Gasteiger charge is -2.28. The molecule has 0 N–H and O–H groups in total. The third kappa shape index (κ3) is 4.26. The van der Waals surface area contributed by atoms with Crippen LogP contribution in [0.1, 0.15) is 17.0 Å². The van der Waals surface area contributed by atoms with Gasteiger partial charge in [-0.25, -0.2) is 4.98 Å². The van der Waals surface area contributed by atoms with Gasteiger partial charge in [0.05, 0.1) is 23.3 Å². The van der Waals surface area contributed by atoms with Gasteiger partial charge in [0.15, 0.2) is 0 Å². The highest BCUT2D eigenvalue weighted by molar-refractivity contribution is 7.18. The predicted molar refractivity (Wildman–Crippen MR) is 112 cm³/mol. The Labute approximate surface area is 163 Å². The molecule has 2 heterocycles. The fourth-order valence-corrected chi connectivity index (χ4v) is 4.46. The second-order valence-electron chi connectivity index (χ2n) is 6.93. The molecule has 4 nitrogen and oxygen atoms in total. The summed E-state index contributed by atoms with van der Waals surface area (Å²) in [5.41, 5.74) is 3.63. The first kappa shape index (κ1) is 17.9. The minimum absolute atomic E-state index is 0.182. The van der Waals surface area contributed by atoms with Crippen LogP contribution in [0.2, 0.25) is 0 Å². The summed E-state index contributed by atoms with van der Waals surface area (Å²) in [4.78, 5) is 21.3. The van der Waals surface area contributed by atoms with Crippen molar-refractivity contribution in [1.82, 2.24) is 14.8 Å². The van der Waals surface area contributed by atoms with E-state index in [1.807, 2.05) is 36.2 Å². The van der Waals surface area contributed by atoms with Gasteiger partial charge in [0.2, 0.25) is 5.91 Å². The Balaban J connectivity index is 1.33.